The molecule has 1 aromatic heterocycles. The van der Waals surface area contributed by atoms with Crippen LogP contribution in [0.2, 0.25) is 0 Å². The molecule has 1 aromatic rings. The van der Waals surface area contributed by atoms with Gasteiger partial charge in [0.2, 0.25) is 0 Å². The first-order valence-electron chi connectivity index (χ1n) is 6.19. The molecule has 124 valence electrons. The number of hydrogen-bond acceptors (Lipinski definition) is 8. The Balaban J connectivity index is 2.23. The van der Waals surface area contributed by atoms with E-state index in [1.165, 1.54) is 12.3 Å². The lowest BCUT2D eigenvalue weighted by atomic mass is 10.1. The molecule has 0 saturated carbocycles. The first kappa shape index (κ1) is 17.0. The number of nitrogens with two attached hydrogens (primary N) is 1. The molecule has 2 heterocycles. The number of anilines is 1. The van der Waals surface area contributed by atoms with E-state index in [-0.39, 0.29) is 5.82 Å². The maximum absolute atomic E-state index is 11.7. The Morgan fingerprint density at radius 3 is 2.59 bits per heavy atom. The molecule has 0 aliphatic carbocycles. The summed E-state index contributed by atoms with van der Waals surface area (Å²) >= 11 is 0. The Morgan fingerprint density at radius 1 is 1.41 bits per heavy atom. The Kier molecular flexibility index (Phi) is 4.68. The van der Waals surface area contributed by atoms with Gasteiger partial charge in [-0.1, -0.05) is 0 Å². The maximum Gasteiger partial charge on any atom is 0.351 e. The second-order valence-electron chi connectivity index (χ2n) is 4.93. The number of aliphatic hydroxyl groups excluding tert-OH is 3. The topological polar surface area (TPSA) is 188 Å². The monoisotopic (exact) mass is 337 g/mol. The van der Waals surface area contributed by atoms with Crippen LogP contribution in [-0.4, -0.2) is 65.2 Å². The van der Waals surface area contributed by atoms with Gasteiger partial charge in [0.25, 0.3) is 0 Å². The molecule has 0 bridgehead atoms. The Labute approximate surface area is 123 Å². The van der Waals surface area contributed by atoms with Gasteiger partial charge in [0, 0.05) is 6.20 Å². The van der Waals surface area contributed by atoms with Crippen molar-refractivity contribution in [2.24, 2.45) is 0 Å². The number of aromatic nitrogens is 2. The molecule has 1 aliphatic heterocycles. The molecule has 12 heteroatoms. The van der Waals surface area contributed by atoms with Crippen molar-refractivity contribution >= 4 is 13.4 Å². The fourth-order valence-corrected chi connectivity index (χ4v) is 2.90. The first-order chi connectivity index (χ1) is 10.1. The highest BCUT2D eigenvalue weighted by Crippen LogP contribution is 2.39. The lowest BCUT2D eigenvalue weighted by Crippen LogP contribution is -2.40. The van der Waals surface area contributed by atoms with Crippen molar-refractivity contribution in [2.45, 2.75) is 30.6 Å². The van der Waals surface area contributed by atoms with Gasteiger partial charge in [-0.2, -0.15) is 4.98 Å². The van der Waals surface area contributed by atoms with E-state index in [0.29, 0.717) is 0 Å². The third-order valence-electron chi connectivity index (χ3n) is 3.21. The average molecular weight is 337 g/mol. The molecule has 0 aromatic carbocycles. The standard InChI is InChI=1S/C10H16N3O8P/c11-5-1-2-13(10(17)12-5)9-7(16)6(15)8(21-9)4(14)3-22(18,19)20/h1-2,4,6-9,14-16H,3H2,(H2,11,12,17)(H2,18,19,20)/t4-,6-,7+,8-,9-/m1/s1. The van der Waals surface area contributed by atoms with Gasteiger partial charge in [0.1, 0.15) is 24.1 Å². The molecule has 22 heavy (non-hydrogen) atoms. The zero-order valence-electron chi connectivity index (χ0n) is 11.1. The minimum absolute atomic E-state index is 0.0487. The number of nitrogen functional groups attached to an aromatic ring is 1. The smallest absolute Gasteiger partial charge is 0.351 e. The van der Waals surface area contributed by atoms with Gasteiger partial charge in [-0.25, -0.2) is 4.79 Å². The molecule has 1 saturated heterocycles. The van der Waals surface area contributed by atoms with Crippen LogP contribution in [0.25, 0.3) is 0 Å². The van der Waals surface area contributed by atoms with Crippen LogP contribution in [-0.2, 0) is 9.30 Å². The zero-order valence-corrected chi connectivity index (χ0v) is 12.0. The van der Waals surface area contributed by atoms with Crippen LogP contribution < -0.4 is 11.4 Å². The van der Waals surface area contributed by atoms with Gasteiger partial charge in [-0.05, 0) is 6.07 Å². The van der Waals surface area contributed by atoms with Crippen molar-refractivity contribution in [3.8, 4) is 0 Å². The Hall–Kier alpha value is -1.33. The molecular formula is C10H16N3O8P. The number of nitrogens with zero attached hydrogens (tertiary/aromatic N) is 2. The van der Waals surface area contributed by atoms with Crippen molar-refractivity contribution in [2.75, 3.05) is 11.9 Å². The van der Waals surface area contributed by atoms with E-state index >= 15 is 0 Å². The van der Waals surface area contributed by atoms with Crippen molar-refractivity contribution in [3.05, 3.63) is 22.7 Å². The maximum atomic E-state index is 11.7. The van der Waals surface area contributed by atoms with E-state index in [0.717, 1.165) is 4.57 Å². The summed E-state index contributed by atoms with van der Waals surface area (Å²) in [4.78, 5) is 32.8. The van der Waals surface area contributed by atoms with E-state index in [9.17, 15) is 24.7 Å². The molecule has 7 N–H and O–H groups in total. The number of ether oxygens (including phenoxy) is 1. The summed E-state index contributed by atoms with van der Waals surface area (Å²) < 4.78 is 16.9. The molecule has 0 spiro atoms. The molecule has 2 rings (SSSR count). The van der Waals surface area contributed by atoms with Gasteiger partial charge in [0.15, 0.2) is 6.23 Å². The SMILES string of the molecule is Nc1ccn([C@@H]2O[C@H]([C@H](O)CP(=O)(O)O)[C@H](O)[C@@H]2O)c(=O)n1. The van der Waals surface area contributed by atoms with Crippen LogP contribution in [0.5, 0.6) is 0 Å². The molecule has 1 aliphatic rings. The minimum atomic E-state index is -4.55. The summed E-state index contributed by atoms with van der Waals surface area (Å²) in [6.07, 6.45) is -7.58. The second-order valence-corrected chi connectivity index (χ2v) is 6.62. The largest absolute Gasteiger partial charge is 0.390 e. The van der Waals surface area contributed by atoms with Gasteiger partial charge in [-0.15, -0.1) is 0 Å². The molecule has 1 fully saturated rings. The summed E-state index contributed by atoms with van der Waals surface area (Å²) in [6.45, 7) is 0. The third-order valence-corrected chi connectivity index (χ3v) is 4.05. The first-order valence-corrected chi connectivity index (χ1v) is 7.99. The summed E-state index contributed by atoms with van der Waals surface area (Å²) in [6, 6.07) is 1.27. The van der Waals surface area contributed by atoms with E-state index < -0.39 is 50.1 Å². The normalized spacial score (nSPS) is 30.4. The van der Waals surface area contributed by atoms with Gasteiger partial charge in [0.05, 0.1) is 12.3 Å². The van der Waals surface area contributed by atoms with E-state index in [2.05, 4.69) is 4.98 Å². The van der Waals surface area contributed by atoms with Crippen LogP contribution in [0.1, 0.15) is 6.23 Å². The van der Waals surface area contributed by atoms with E-state index in [4.69, 9.17) is 20.3 Å². The molecule has 5 atom stereocenters. The van der Waals surface area contributed by atoms with Crippen LogP contribution in [0, 0.1) is 0 Å². The average Bonchev–Trinajstić information content (AvgIpc) is 2.65. The van der Waals surface area contributed by atoms with Crippen LogP contribution in [0.3, 0.4) is 0 Å². The highest BCUT2D eigenvalue weighted by Gasteiger charge is 2.48. The summed E-state index contributed by atoms with van der Waals surface area (Å²) in [5.41, 5.74) is 4.48. The summed E-state index contributed by atoms with van der Waals surface area (Å²) in [5.74, 6) is -0.0487. The van der Waals surface area contributed by atoms with Crippen molar-refractivity contribution in [1.29, 1.82) is 0 Å². The Bertz CT molecular complexity index is 645. The third kappa shape index (κ3) is 3.52. The fraction of sp³-hybridized carbons (Fsp3) is 0.600. The highest BCUT2D eigenvalue weighted by atomic mass is 31.2. The number of aliphatic hydroxyl groups is 3. The number of rotatable bonds is 4. The van der Waals surface area contributed by atoms with E-state index in [1.807, 2.05) is 0 Å². The van der Waals surface area contributed by atoms with Crippen molar-refractivity contribution in [3.63, 3.8) is 0 Å². The molecule has 0 radical (unpaired) electrons. The van der Waals surface area contributed by atoms with E-state index in [1.54, 1.807) is 0 Å². The van der Waals surface area contributed by atoms with Gasteiger partial charge >= 0.3 is 13.3 Å². The van der Waals surface area contributed by atoms with Crippen LogP contribution in [0.15, 0.2) is 17.1 Å². The highest BCUT2D eigenvalue weighted by molar-refractivity contribution is 7.51. The summed E-state index contributed by atoms with van der Waals surface area (Å²) in [7, 11) is -4.55. The quantitative estimate of drug-likeness (QED) is 0.308. The predicted octanol–water partition coefficient (Wildman–Crippen LogP) is -3.02. The van der Waals surface area contributed by atoms with Gasteiger partial charge in [-0.3, -0.25) is 9.13 Å². The molecule has 0 unspecified atom stereocenters. The lowest BCUT2D eigenvalue weighted by molar-refractivity contribution is -0.0802. The zero-order chi connectivity index (χ0) is 16.7. The number of hydrogen-bond donors (Lipinski definition) is 6. The van der Waals surface area contributed by atoms with Crippen molar-refractivity contribution in [1.82, 2.24) is 9.55 Å². The van der Waals surface area contributed by atoms with Crippen LogP contribution in [0.4, 0.5) is 5.82 Å². The second kappa shape index (κ2) is 6.05. The minimum Gasteiger partial charge on any atom is -0.390 e. The lowest BCUT2D eigenvalue weighted by Gasteiger charge is -2.21. The summed E-state index contributed by atoms with van der Waals surface area (Å²) in [5, 5.41) is 29.5. The predicted molar refractivity (Wildman–Crippen MR) is 71.8 cm³/mol. The molecule has 0 amide bonds. The van der Waals surface area contributed by atoms with Gasteiger partial charge < -0.3 is 35.6 Å². The molecular weight excluding hydrogens is 321 g/mol. The molecule has 11 nitrogen and oxygen atoms in total. The van der Waals surface area contributed by atoms with Crippen LogP contribution >= 0.6 is 7.60 Å². The fourth-order valence-electron chi connectivity index (χ4n) is 2.20. The van der Waals surface area contributed by atoms with Crippen molar-refractivity contribution < 1.29 is 34.4 Å². The Morgan fingerprint density at radius 2 is 2.05 bits per heavy atom.